The zero-order valence-electron chi connectivity index (χ0n) is 8.82. The molecule has 0 N–H and O–H groups in total. The zero-order chi connectivity index (χ0) is 12.7. The Morgan fingerprint density at radius 1 is 1.59 bits per heavy atom. The van der Waals surface area contributed by atoms with Gasteiger partial charge in [-0.3, -0.25) is 0 Å². The van der Waals surface area contributed by atoms with Gasteiger partial charge in [0.05, 0.1) is 11.9 Å². The van der Waals surface area contributed by atoms with Crippen molar-refractivity contribution >= 4 is 29.3 Å². The van der Waals surface area contributed by atoms with E-state index in [0.29, 0.717) is 10.0 Å². The fourth-order valence-corrected chi connectivity index (χ4v) is 2.61. The van der Waals surface area contributed by atoms with E-state index in [4.69, 9.17) is 0 Å². The van der Waals surface area contributed by atoms with Crippen LogP contribution >= 0.6 is 23.1 Å². The number of oxime groups is 1. The Balaban J connectivity index is 2.40. The van der Waals surface area contributed by atoms with Crippen molar-refractivity contribution in [1.82, 2.24) is 4.98 Å². The first-order valence-corrected chi connectivity index (χ1v) is 6.34. The van der Waals surface area contributed by atoms with Gasteiger partial charge in [-0.05, 0) is 0 Å². The summed E-state index contributed by atoms with van der Waals surface area (Å²) in [6, 6.07) is 0. The molecule has 8 heteroatoms. The first-order valence-electron chi connectivity index (χ1n) is 4.48. The summed E-state index contributed by atoms with van der Waals surface area (Å²) in [5.74, 6) is -1.15. The number of thioether (sulfide) groups is 1. The maximum atomic E-state index is 12.5. The quantitative estimate of drug-likeness (QED) is 0.453. The van der Waals surface area contributed by atoms with Crippen LogP contribution in [-0.2, 0) is 4.84 Å². The average Bonchev–Trinajstić information content (AvgIpc) is 2.74. The molecule has 17 heavy (non-hydrogen) atoms. The Labute approximate surface area is 104 Å². The van der Waals surface area contributed by atoms with E-state index < -0.39 is 11.9 Å². The van der Waals surface area contributed by atoms with Crippen molar-refractivity contribution in [2.45, 2.75) is 10.8 Å². The van der Waals surface area contributed by atoms with Gasteiger partial charge in [0.15, 0.2) is 10.2 Å². The minimum atomic E-state index is -2.25. The third-order valence-corrected chi connectivity index (χ3v) is 3.58. The largest absolute Gasteiger partial charge is 0.399 e. The number of allylic oxidation sites excluding steroid dienone is 1. The molecule has 0 spiro atoms. The van der Waals surface area contributed by atoms with Gasteiger partial charge in [0.2, 0.25) is 0 Å². The number of hydrogen-bond donors (Lipinski definition) is 0. The highest BCUT2D eigenvalue weighted by Gasteiger charge is 2.06. The molecule has 0 radical (unpaired) electrons. The van der Waals surface area contributed by atoms with Crippen LogP contribution < -0.4 is 0 Å². The third-order valence-electron chi connectivity index (χ3n) is 1.54. The van der Waals surface area contributed by atoms with Crippen molar-refractivity contribution in [3.05, 3.63) is 23.0 Å². The van der Waals surface area contributed by atoms with Crippen LogP contribution in [0.15, 0.2) is 26.8 Å². The van der Waals surface area contributed by atoms with Gasteiger partial charge in [0.25, 0.3) is 0 Å². The maximum Gasteiger partial charge on any atom is 0.301 e. The SMILES string of the molecule is CON=Cc1csc(SCCC(F)=C(F)F)n1. The summed E-state index contributed by atoms with van der Waals surface area (Å²) in [5.41, 5.74) is 0.618. The molecule has 0 saturated carbocycles. The van der Waals surface area contributed by atoms with E-state index in [9.17, 15) is 13.2 Å². The summed E-state index contributed by atoms with van der Waals surface area (Å²) in [5, 5.41) is 5.27. The van der Waals surface area contributed by atoms with Gasteiger partial charge < -0.3 is 4.84 Å². The lowest BCUT2D eigenvalue weighted by atomic mass is 10.4. The summed E-state index contributed by atoms with van der Waals surface area (Å²) in [4.78, 5) is 8.60. The van der Waals surface area contributed by atoms with Gasteiger partial charge in [0, 0.05) is 17.6 Å². The van der Waals surface area contributed by atoms with Crippen LogP contribution in [0.4, 0.5) is 13.2 Å². The third kappa shape index (κ3) is 5.22. The number of halogens is 3. The monoisotopic (exact) mass is 282 g/mol. The molecule has 0 atom stereocenters. The van der Waals surface area contributed by atoms with Crippen LogP contribution in [0.1, 0.15) is 12.1 Å². The Morgan fingerprint density at radius 3 is 3.00 bits per heavy atom. The molecule has 0 bridgehead atoms. The molecule has 0 aliphatic heterocycles. The molecule has 0 saturated heterocycles. The minimum Gasteiger partial charge on any atom is -0.399 e. The Bertz CT molecular complexity index is 416. The smallest absolute Gasteiger partial charge is 0.301 e. The van der Waals surface area contributed by atoms with Gasteiger partial charge in [-0.2, -0.15) is 8.78 Å². The van der Waals surface area contributed by atoms with Crippen molar-refractivity contribution < 1.29 is 18.0 Å². The highest BCUT2D eigenvalue weighted by Crippen LogP contribution is 2.25. The Hall–Kier alpha value is -1.02. The van der Waals surface area contributed by atoms with Crippen molar-refractivity contribution in [3.63, 3.8) is 0 Å². The fourth-order valence-electron chi connectivity index (χ4n) is 0.824. The second-order valence-electron chi connectivity index (χ2n) is 2.72. The molecular weight excluding hydrogens is 273 g/mol. The van der Waals surface area contributed by atoms with Crippen LogP contribution in [0.2, 0.25) is 0 Å². The minimum absolute atomic E-state index is 0.220. The van der Waals surface area contributed by atoms with E-state index in [2.05, 4.69) is 15.0 Å². The lowest BCUT2D eigenvalue weighted by molar-refractivity contribution is 0.215. The molecular formula is C9H9F3N2OS2. The molecule has 1 aromatic heterocycles. The van der Waals surface area contributed by atoms with Crippen LogP contribution in [0.25, 0.3) is 0 Å². The molecule has 0 fully saturated rings. The van der Waals surface area contributed by atoms with E-state index in [1.807, 2.05) is 0 Å². The van der Waals surface area contributed by atoms with Crippen LogP contribution in [-0.4, -0.2) is 24.1 Å². The van der Waals surface area contributed by atoms with E-state index in [-0.39, 0.29) is 12.2 Å². The Kier molecular flexibility index (Phi) is 6.06. The van der Waals surface area contributed by atoms with Gasteiger partial charge in [0.1, 0.15) is 7.11 Å². The maximum absolute atomic E-state index is 12.5. The van der Waals surface area contributed by atoms with Crippen LogP contribution in [0.5, 0.6) is 0 Å². The predicted molar refractivity (Wildman–Crippen MR) is 62.4 cm³/mol. The molecule has 0 unspecified atom stereocenters. The molecule has 1 heterocycles. The molecule has 0 aliphatic rings. The second-order valence-corrected chi connectivity index (χ2v) is 4.92. The van der Waals surface area contributed by atoms with Crippen molar-refractivity contribution in [2.75, 3.05) is 12.9 Å². The lowest BCUT2D eigenvalue weighted by Crippen LogP contribution is -1.84. The highest BCUT2D eigenvalue weighted by atomic mass is 32.2. The molecule has 1 aromatic rings. The highest BCUT2D eigenvalue weighted by molar-refractivity contribution is 8.01. The van der Waals surface area contributed by atoms with Crippen molar-refractivity contribution in [2.24, 2.45) is 5.16 Å². The number of aromatic nitrogens is 1. The summed E-state index contributed by atoms with van der Waals surface area (Å²) in [6.07, 6.45) is -1.12. The van der Waals surface area contributed by atoms with Gasteiger partial charge >= 0.3 is 6.08 Å². The summed E-state index contributed by atoms with van der Waals surface area (Å²) in [7, 11) is 1.42. The number of hydrogen-bond acceptors (Lipinski definition) is 5. The van der Waals surface area contributed by atoms with E-state index in [1.54, 1.807) is 5.38 Å². The Morgan fingerprint density at radius 2 is 2.35 bits per heavy atom. The summed E-state index contributed by atoms with van der Waals surface area (Å²) in [6.45, 7) is 0. The first kappa shape index (κ1) is 14.0. The summed E-state index contributed by atoms with van der Waals surface area (Å²) < 4.78 is 36.6. The van der Waals surface area contributed by atoms with Crippen molar-refractivity contribution in [3.8, 4) is 0 Å². The lowest BCUT2D eigenvalue weighted by Gasteiger charge is -1.94. The zero-order valence-corrected chi connectivity index (χ0v) is 10.5. The van der Waals surface area contributed by atoms with E-state index in [0.717, 1.165) is 0 Å². The van der Waals surface area contributed by atoms with Gasteiger partial charge in [-0.1, -0.05) is 16.9 Å². The molecule has 0 amide bonds. The van der Waals surface area contributed by atoms with Gasteiger partial charge in [-0.15, -0.1) is 11.3 Å². The number of thiazole rings is 1. The topological polar surface area (TPSA) is 34.5 Å². The molecule has 3 nitrogen and oxygen atoms in total. The normalized spacial score (nSPS) is 10.8. The molecule has 0 aliphatic carbocycles. The molecule has 0 aromatic carbocycles. The van der Waals surface area contributed by atoms with Gasteiger partial charge in [-0.25, -0.2) is 9.37 Å². The fraction of sp³-hybridized carbons (Fsp3) is 0.333. The average molecular weight is 282 g/mol. The van der Waals surface area contributed by atoms with Crippen molar-refractivity contribution in [1.29, 1.82) is 0 Å². The van der Waals surface area contributed by atoms with E-state index in [1.165, 1.54) is 36.4 Å². The van der Waals surface area contributed by atoms with Crippen LogP contribution in [0.3, 0.4) is 0 Å². The van der Waals surface area contributed by atoms with E-state index >= 15 is 0 Å². The summed E-state index contributed by atoms with van der Waals surface area (Å²) >= 11 is 2.56. The van der Waals surface area contributed by atoms with Crippen LogP contribution in [0, 0.1) is 0 Å². The first-order chi connectivity index (χ1) is 8.13. The molecule has 94 valence electrons. The number of rotatable bonds is 6. The predicted octanol–water partition coefficient (Wildman–Crippen LogP) is 3.68. The number of nitrogens with zero attached hydrogens (tertiary/aromatic N) is 2. The molecule has 1 rings (SSSR count). The second kappa shape index (κ2) is 7.33. The standard InChI is InChI=1S/C9H9F3N2OS2/c1-15-13-4-6-5-17-9(14-6)16-3-2-7(10)8(11)12/h4-5H,2-3H2,1H3.